The van der Waals surface area contributed by atoms with E-state index < -0.39 is 32.2 Å². The van der Waals surface area contributed by atoms with E-state index in [1.165, 1.54) is 23.1 Å². The molecule has 1 saturated heterocycles. The number of thioether (sulfide) groups is 1. The largest absolute Gasteiger partial charge is 0.394 e. The quantitative estimate of drug-likeness (QED) is 0.304. The van der Waals surface area contributed by atoms with E-state index in [0.717, 1.165) is 9.91 Å². The highest BCUT2D eigenvalue weighted by Gasteiger charge is 2.64. The van der Waals surface area contributed by atoms with Crippen molar-refractivity contribution in [2.45, 2.75) is 37.4 Å². The molecular weight excluding hydrogens is 410 g/mol. The zero-order valence-electron chi connectivity index (χ0n) is 15.1. The Labute approximate surface area is 164 Å². The Bertz CT molecular complexity index is 1030. The van der Waals surface area contributed by atoms with Gasteiger partial charge in [0, 0.05) is 11.2 Å². The number of aryl methyl sites for hydroxylation is 1. The lowest BCUT2D eigenvalue weighted by atomic mass is 9.86. The van der Waals surface area contributed by atoms with Crippen LogP contribution in [-0.4, -0.2) is 62.6 Å². The van der Waals surface area contributed by atoms with Crippen LogP contribution in [-0.2, 0) is 19.4 Å². The summed E-state index contributed by atoms with van der Waals surface area (Å²) in [6.45, 7) is 6.90. The number of ketones is 1. The van der Waals surface area contributed by atoms with Gasteiger partial charge >= 0.3 is 11.6 Å². The number of carbonyl (C=O) groups excluding carboxylic acids is 2. The second-order valence-electron chi connectivity index (χ2n) is 7.23. The maximum atomic E-state index is 13.0. The monoisotopic (exact) mass is 427 g/mol. The minimum Gasteiger partial charge on any atom is -0.361 e. The molecular formula is C15H17N5O4S3. The standard InChI is InChI=1S/C15H17N5O4S3/c1-7-18-19-14(26-7)25-5-8-6-27(23,24)13-9(17-16)12(22)20(13)10(8)11(21)15(2,3)4/h13H,5-6H2,1-4H3/t13-/m1/s1. The first kappa shape index (κ1) is 19.9. The first-order valence-electron chi connectivity index (χ1n) is 7.94. The highest BCUT2D eigenvalue weighted by atomic mass is 32.2. The number of β-lactam (4-membered cyclic amide) rings is 1. The second-order valence-corrected chi connectivity index (χ2v) is 11.7. The Balaban J connectivity index is 2.07. The molecule has 12 heteroatoms. The molecule has 1 atom stereocenters. The number of hydrogen-bond donors (Lipinski definition) is 0. The van der Waals surface area contributed by atoms with E-state index in [2.05, 4.69) is 15.0 Å². The van der Waals surface area contributed by atoms with Crippen molar-refractivity contribution in [3.05, 3.63) is 21.8 Å². The molecule has 1 aromatic heterocycles. The number of hydrogen-bond acceptors (Lipinski definition) is 8. The number of Topliss-reactive ketones (excluding diaryl/α,β-unsaturated/α-hetero) is 1. The Kier molecular flexibility index (Phi) is 4.87. The molecule has 0 aliphatic carbocycles. The van der Waals surface area contributed by atoms with Crippen LogP contribution >= 0.6 is 23.1 Å². The van der Waals surface area contributed by atoms with Gasteiger partial charge in [-0.15, -0.1) is 10.2 Å². The fraction of sp³-hybridized carbons (Fsp3) is 0.533. The average Bonchev–Trinajstić information content (AvgIpc) is 2.97. The summed E-state index contributed by atoms with van der Waals surface area (Å²) in [5.74, 6) is -1.31. The maximum Gasteiger partial charge on any atom is 0.394 e. The Morgan fingerprint density at radius 2 is 2.07 bits per heavy atom. The highest BCUT2D eigenvalue weighted by Crippen LogP contribution is 2.39. The number of sulfone groups is 1. The first-order chi connectivity index (χ1) is 12.5. The van der Waals surface area contributed by atoms with Gasteiger partial charge in [-0.1, -0.05) is 43.9 Å². The van der Waals surface area contributed by atoms with E-state index in [-0.39, 0.29) is 23.0 Å². The molecule has 0 spiro atoms. The van der Waals surface area contributed by atoms with E-state index >= 15 is 0 Å². The molecule has 2 aliphatic rings. The molecule has 1 amide bonds. The van der Waals surface area contributed by atoms with Gasteiger partial charge in [-0.2, -0.15) is 4.79 Å². The normalized spacial score (nSPS) is 21.6. The molecule has 0 N–H and O–H groups in total. The third kappa shape index (κ3) is 3.38. The van der Waals surface area contributed by atoms with Gasteiger partial charge in [0.15, 0.2) is 20.0 Å². The highest BCUT2D eigenvalue weighted by molar-refractivity contribution is 8.01. The van der Waals surface area contributed by atoms with E-state index in [0.29, 0.717) is 9.91 Å². The second kappa shape index (κ2) is 6.62. The van der Waals surface area contributed by atoms with Crippen molar-refractivity contribution in [1.29, 1.82) is 0 Å². The summed E-state index contributed by atoms with van der Waals surface area (Å²) in [6.07, 6.45) is 0. The number of amides is 1. The van der Waals surface area contributed by atoms with Gasteiger partial charge in [0.05, 0.1) is 11.4 Å². The molecule has 3 heterocycles. The van der Waals surface area contributed by atoms with E-state index in [4.69, 9.17) is 5.53 Å². The Morgan fingerprint density at radius 1 is 1.41 bits per heavy atom. The number of carbonyl (C=O) groups is 2. The SMILES string of the molecule is Cc1nnc(SCC2=C(C(=O)C(C)(C)C)N3C(=O)C(=[N+]=[N-])[C@H]3S(=O)(=O)C2)s1. The summed E-state index contributed by atoms with van der Waals surface area (Å²) in [7, 11) is -3.82. The number of aromatic nitrogens is 2. The van der Waals surface area contributed by atoms with Crippen LogP contribution in [0.25, 0.3) is 5.53 Å². The smallest absolute Gasteiger partial charge is 0.361 e. The van der Waals surface area contributed by atoms with Crippen LogP contribution in [0, 0.1) is 12.3 Å². The van der Waals surface area contributed by atoms with Gasteiger partial charge in [-0.25, -0.2) is 8.42 Å². The molecule has 0 unspecified atom stereocenters. The topological polar surface area (TPSA) is 134 Å². The van der Waals surface area contributed by atoms with E-state index in [1.807, 2.05) is 0 Å². The molecule has 3 rings (SSSR count). The Hall–Kier alpha value is -1.88. The molecule has 9 nitrogen and oxygen atoms in total. The molecule has 2 aliphatic heterocycles. The van der Waals surface area contributed by atoms with E-state index in [1.54, 1.807) is 27.7 Å². The van der Waals surface area contributed by atoms with Crippen molar-refractivity contribution in [1.82, 2.24) is 15.1 Å². The fourth-order valence-corrected chi connectivity index (χ4v) is 6.66. The average molecular weight is 428 g/mol. The van der Waals surface area contributed by atoms with Crippen LogP contribution < -0.4 is 0 Å². The minimum atomic E-state index is -3.82. The lowest BCUT2D eigenvalue weighted by Gasteiger charge is -2.42. The molecule has 0 aromatic carbocycles. The summed E-state index contributed by atoms with van der Waals surface area (Å²) in [5, 5.41) is 7.26. The third-order valence-corrected chi connectivity index (χ3v) is 8.00. The van der Waals surface area contributed by atoms with Gasteiger partial charge in [0.2, 0.25) is 5.37 Å². The van der Waals surface area contributed by atoms with Gasteiger partial charge in [-0.05, 0) is 12.5 Å². The van der Waals surface area contributed by atoms with Gasteiger partial charge in [0.1, 0.15) is 5.01 Å². The predicted octanol–water partition coefficient (Wildman–Crippen LogP) is 1.08. The van der Waals surface area contributed by atoms with Gasteiger partial charge in [-0.3, -0.25) is 14.5 Å². The molecule has 144 valence electrons. The van der Waals surface area contributed by atoms with Crippen LogP contribution in [0.3, 0.4) is 0 Å². The predicted molar refractivity (Wildman–Crippen MR) is 99.9 cm³/mol. The summed E-state index contributed by atoms with van der Waals surface area (Å²) in [4.78, 5) is 29.1. The van der Waals surface area contributed by atoms with Gasteiger partial charge < -0.3 is 5.53 Å². The number of nitrogens with zero attached hydrogens (tertiary/aromatic N) is 5. The van der Waals surface area contributed by atoms with Crippen LogP contribution in [0.2, 0.25) is 0 Å². The van der Waals surface area contributed by atoms with Crippen molar-refractivity contribution in [3.8, 4) is 0 Å². The molecule has 0 bridgehead atoms. The Morgan fingerprint density at radius 3 is 2.59 bits per heavy atom. The summed E-state index contributed by atoms with van der Waals surface area (Å²) in [5.41, 5.74) is 8.13. The van der Waals surface area contributed by atoms with Crippen molar-refractivity contribution in [2.75, 3.05) is 11.5 Å². The number of rotatable bonds is 4. The van der Waals surface area contributed by atoms with Gasteiger partial charge in [0.25, 0.3) is 0 Å². The van der Waals surface area contributed by atoms with Crippen molar-refractivity contribution in [3.63, 3.8) is 0 Å². The molecule has 1 aromatic rings. The molecule has 0 radical (unpaired) electrons. The summed E-state index contributed by atoms with van der Waals surface area (Å²) >= 11 is 2.63. The fourth-order valence-electron chi connectivity index (χ4n) is 2.81. The number of allylic oxidation sites excluding steroid dienone is 1. The van der Waals surface area contributed by atoms with Crippen molar-refractivity contribution < 1.29 is 22.8 Å². The van der Waals surface area contributed by atoms with Crippen molar-refractivity contribution >= 4 is 50.3 Å². The van der Waals surface area contributed by atoms with E-state index in [9.17, 15) is 18.0 Å². The summed E-state index contributed by atoms with van der Waals surface area (Å²) in [6, 6.07) is 0. The molecule has 1 fully saturated rings. The summed E-state index contributed by atoms with van der Waals surface area (Å²) < 4.78 is 25.9. The maximum absolute atomic E-state index is 13.0. The molecule has 27 heavy (non-hydrogen) atoms. The van der Waals surface area contributed by atoms with Crippen LogP contribution in [0.1, 0.15) is 25.8 Å². The van der Waals surface area contributed by atoms with Crippen LogP contribution in [0.5, 0.6) is 0 Å². The third-order valence-electron chi connectivity index (χ3n) is 4.08. The zero-order valence-corrected chi connectivity index (χ0v) is 17.5. The minimum absolute atomic E-state index is 0.0773. The van der Waals surface area contributed by atoms with Crippen molar-refractivity contribution in [2.24, 2.45) is 5.41 Å². The van der Waals surface area contributed by atoms with Crippen LogP contribution in [0.4, 0.5) is 0 Å². The number of fused-ring (bicyclic) bond motifs is 1. The van der Waals surface area contributed by atoms with Crippen LogP contribution in [0.15, 0.2) is 15.6 Å². The first-order valence-corrected chi connectivity index (χ1v) is 11.5. The zero-order chi connectivity index (χ0) is 20.1. The lowest BCUT2D eigenvalue weighted by Crippen LogP contribution is -2.68. The molecule has 0 saturated carbocycles. The lowest BCUT2D eigenvalue weighted by molar-refractivity contribution is -0.138.